The highest BCUT2D eigenvalue weighted by molar-refractivity contribution is 5.26. The van der Waals surface area contributed by atoms with Gasteiger partial charge in [0.05, 0.1) is 6.07 Å². The van der Waals surface area contributed by atoms with Crippen molar-refractivity contribution < 1.29 is 8.78 Å². The van der Waals surface area contributed by atoms with Crippen LogP contribution in [0.5, 0.6) is 0 Å². The summed E-state index contributed by atoms with van der Waals surface area (Å²) in [6.07, 6.45) is 0.444. The van der Waals surface area contributed by atoms with Crippen molar-refractivity contribution >= 4 is 0 Å². The molecular formula is C16H14F2N2. The van der Waals surface area contributed by atoms with Crippen molar-refractivity contribution in [1.82, 2.24) is 5.32 Å². The van der Waals surface area contributed by atoms with Gasteiger partial charge in [-0.15, -0.1) is 0 Å². The lowest BCUT2D eigenvalue weighted by Crippen LogP contribution is -2.23. The van der Waals surface area contributed by atoms with Crippen LogP contribution in [0.2, 0.25) is 0 Å². The Bertz CT molecular complexity index is 620. The van der Waals surface area contributed by atoms with E-state index in [0.717, 1.165) is 0 Å². The smallest absolute Gasteiger partial charge is 0.129 e. The minimum absolute atomic E-state index is 0.270. The summed E-state index contributed by atoms with van der Waals surface area (Å²) in [5, 5.41) is 12.0. The van der Waals surface area contributed by atoms with Crippen molar-refractivity contribution in [1.29, 1.82) is 5.26 Å². The summed E-state index contributed by atoms with van der Waals surface area (Å²) in [6, 6.07) is 13.9. The summed E-state index contributed by atoms with van der Waals surface area (Å²) in [6.45, 7) is 0.396. The predicted molar refractivity (Wildman–Crippen MR) is 72.9 cm³/mol. The highest BCUT2D eigenvalue weighted by Crippen LogP contribution is 2.16. The van der Waals surface area contributed by atoms with Crippen LogP contribution in [-0.2, 0) is 6.42 Å². The summed E-state index contributed by atoms with van der Waals surface area (Å²) in [7, 11) is 0. The van der Waals surface area contributed by atoms with E-state index in [9.17, 15) is 8.78 Å². The van der Waals surface area contributed by atoms with Gasteiger partial charge < -0.3 is 0 Å². The zero-order valence-electron chi connectivity index (χ0n) is 10.8. The molecule has 0 amide bonds. The fraction of sp³-hybridized carbons (Fsp3) is 0.188. The molecule has 0 spiro atoms. The molecule has 2 aromatic carbocycles. The van der Waals surface area contributed by atoms with Gasteiger partial charge >= 0.3 is 0 Å². The molecule has 0 heterocycles. The first-order valence-electron chi connectivity index (χ1n) is 6.33. The van der Waals surface area contributed by atoms with E-state index >= 15 is 0 Å². The molecule has 1 N–H and O–H groups in total. The number of hydrogen-bond acceptors (Lipinski definition) is 2. The van der Waals surface area contributed by atoms with E-state index in [2.05, 4.69) is 5.32 Å². The quantitative estimate of drug-likeness (QED) is 0.906. The van der Waals surface area contributed by atoms with Crippen LogP contribution in [0.3, 0.4) is 0 Å². The number of benzene rings is 2. The number of hydrogen-bond donors (Lipinski definition) is 1. The van der Waals surface area contributed by atoms with Crippen molar-refractivity contribution in [3.63, 3.8) is 0 Å². The highest BCUT2D eigenvalue weighted by Gasteiger charge is 2.13. The first-order valence-corrected chi connectivity index (χ1v) is 6.33. The molecule has 102 valence electrons. The summed E-state index contributed by atoms with van der Waals surface area (Å²) in [4.78, 5) is 0. The van der Waals surface area contributed by atoms with E-state index in [1.807, 2.05) is 6.07 Å². The molecule has 1 unspecified atom stereocenters. The lowest BCUT2D eigenvalue weighted by molar-refractivity contribution is 0.555. The fourth-order valence-corrected chi connectivity index (χ4v) is 1.99. The molecule has 2 rings (SSSR count). The fourth-order valence-electron chi connectivity index (χ4n) is 1.99. The van der Waals surface area contributed by atoms with E-state index in [1.165, 1.54) is 12.1 Å². The van der Waals surface area contributed by atoms with Crippen LogP contribution >= 0.6 is 0 Å². The lowest BCUT2D eigenvalue weighted by Gasteiger charge is -2.12. The second-order valence-corrected chi connectivity index (χ2v) is 4.38. The first kappa shape index (κ1) is 14.2. The summed E-state index contributed by atoms with van der Waals surface area (Å²) in [5.41, 5.74) is 0.883. The van der Waals surface area contributed by atoms with E-state index in [4.69, 9.17) is 5.26 Å². The Morgan fingerprint density at radius 3 is 2.30 bits per heavy atom. The van der Waals surface area contributed by atoms with Gasteiger partial charge in [-0.1, -0.05) is 36.4 Å². The number of nitrogens with one attached hydrogen (secondary N) is 1. The van der Waals surface area contributed by atoms with Crippen molar-refractivity contribution in [2.45, 2.75) is 12.5 Å². The Morgan fingerprint density at radius 2 is 1.65 bits per heavy atom. The molecule has 0 saturated carbocycles. The van der Waals surface area contributed by atoms with Crippen LogP contribution in [0.4, 0.5) is 8.78 Å². The second-order valence-electron chi connectivity index (χ2n) is 4.38. The van der Waals surface area contributed by atoms with Crippen LogP contribution < -0.4 is 5.32 Å². The van der Waals surface area contributed by atoms with Gasteiger partial charge in [0.15, 0.2) is 0 Å². The van der Waals surface area contributed by atoms with Crippen LogP contribution in [0.25, 0.3) is 0 Å². The first-order chi connectivity index (χ1) is 9.72. The number of nitriles is 1. The third-order valence-electron chi connectivity index (χ3n) is 3.05. The molecule has 4 heteroatoms. The van der Waals surface area contributed by atoms with Crippen molar-refractivity contribution in [3.05, 3.63) is 71.3 Å². The molecule has 0 bridgehead atoms. The molecule has 0 fully saturated rings. The zero-order chi connectivity index (χ0) is 14.4. The normalized spacial score (nSPS) is 11.8. The monoisotopic (exact) mass is 272 g/mol. The molecule has 0 radical (unpaired) electrons. The van der Waals surface area contributed by atoms with E-state index < -0.39 is 11.9 Å². The van der Waals surface area contributed by atoms with Gasteiger partial charge in [0, 0.05) is 12.1 Å². The van der Waals surface area contributed by atoms with Crippen LogP contribution in [-0.4, -0.2) is 6.54 Å². The standard InChI is InChI=1S/C16H14F2N2/c17-14-7-3-1-5-12(14)9-10-20-16(11-19)13-6-2-4-8-15(13)18/h1-8,16,20H,9-10H2. The van der Waals surface area contributed by atoms with Gasteiger partial charge in [-0.2, -0.15) is 5.26 Å². The maximum absolute atomic E-state index is 13.6. The highest BCUT2D eigenvalue weighted by atomic mass is 19.1. The van der Waals surface area contributed by atoms with Gasteiger partial charge in [0.1, 0.15) is 17.7 Å². The van der Waals surface area contributed by atoms with Gasteiger partial charge in [-0.25, -0.2) is 8.78 Å². The van der Waals surface area contributed by atoms with E-state index in [1.54, 1.807) is 36.4 Å². The van der Waals surface area contributed by atoms with Gasteiger partial charge in [-0.3, -0.25) is 5.32 Å². The Balaban J connectivity index is 1.98. The van der Waals surface area contributed by atoms with Crippen molar-refractivity contribution in [3.8, 4) is 6.07 Å². The average Bonchev–Trinajstić information content (AvgIpc) is 2.46. The topological polar surface area (TPSA) is 35.8 Å². The molecule has 20 heavy (non-hydrogen) atoms. The molecular weight excluding hydrogens is 258 g/mol. The van der Waals surface area contributed by atoms with E-state index in [-0.39, 0.29) is 5.82 Å². The Morgan fingerprint density at radius 1 is 1.00 bits per heavy atom. The molecule has 0 saturated heterocycles. The average molecular weight is 272 g/mol. The van der Waals surface area contributed by atoms with Gasteiger partial charge in [0.25, 0.3) is 0 Å². The molecule has 2 nitrogen and oxygen atoms in total. The predicted octanol–water partition coefficient (Wildman–Crippen LogP) is 3.36. The molecule has 2 aromatic rings. The van der Waals surface area contributed by atoms with Crippen molar-refractivity contribution in [2.24, 2.45) is 0 Å². The second kappa shape index (κ2) is 6.78. The zero-order valence-corrected chi connectivity index (χ0v) is 10.8. The molecule has 0 aromatic heterocycles. The van der Waals surface area contributed by atoms with Crippen LogP contribution in [0.15, 0.2) is 48.5 Å². The SMILES string of the molecule is N#CC(NCCc1ccccc1F)c1ccccc1F. The van der Waals surface area contributed by atoms with Gasteiger partial charge in [-0.05, 0) is 24.1 Å². The summed E-state index contributed by atoms with van der Waals surface area (Å²) in [5.74, 6) is -0.689. The summed E-state index contributed by atoms with van der Waals surface area (Å²) >= 11 is 0. The largest absolute Gasteiger partial charge is 0.298 e. The Kier molecular flexibility index (Phi) is 4.80. The van der Waals surface area contributed by atoms with Crippen LogP contribution in [0.1, 0.15) is 17.2 Å². The maximum atomic E-state index is 13.6. The Labute approximate surface area is 116 Å². The molecule has 0 aliphatic carbocycles. The number of rotatable bonds is 5. The number of nitrogens with zero attached hydrogens (tertiary/aromatic N) is 1. The number of halogens is 2. The van der Waals surface area contributed by atoms with Gasteiger partial charge in [0.2, 0.25) is 0 Å². The minimum atomic E-state index is -0.733. The molecule has 1 atom stereocenters. The van der Waals surface area contributed by atoms with Crippen molar-refractivity contribution in [2.75, 3.05) is 6.54 Å². The third-order valence-corrected chi connectivity index (χ3v) is 3.05. The van der Waals surface area contributed by atoms with Crippen LogP contribution in [0, 0.1) is 23.0 Å². The molecule has 0 aliphatic heterocycles. The van der Waals surface area contributed by atoms with E-state index in [0.29, 0.717) is 24.1 Å². The third kappa shape index (κ3) is 3.40. The summed E-state index contributed by atoms with van der Waals surface area (Å²) < 4.78 is 27.0. The molecule has 0 aliphatic rings. The maximum Gasteiger partial charge on any atom is 0.129 e. The minimum Gasteiger partial charge on any atom is -0.298 e. The Hall–Kier alpha value is -2.25. The lowest BCUT2D eigenvalue weighted by atomic mass is 10.1.